The third kappa shape index (κ3) is 4.66. The van der Waals surface area contributed by atoms with Crippen LogP contribution < -0.4 is 10.1 Å². The molecular formula is C13H13BrF3N3O. The lowest BCUT2D eigenvalue weighted by Crippen LogP contribution is -2.17. The summed E-state index contributed by atoms with van der Waals surface area (Å²) in [5.41, 5.74) is 0.700. The molecule has 1 aromatic carbocycles. The van der Waals surface area contributed by atoms with Crippen molar-refractivity contribution in [2.75, 3.05) is 11.9 Å². The van der Waals surface area contributed by atoms with E-state index >= 15 is 0 Å². The molecule has 2 aromatic rings. The van der Waals surface area contributed by atoms with Crippen molar-refractivity contribution in [1.29, 1.82) is 0 Å². The van der Waals surface area contributed by atoms with Crippen LogP contribution in [0.5, 0.6) is 5.75 Å². The molecule has 4 nitrogen and oxygen atoms in total. The third-order valence-electron chi connectivity index (χ3n) is 2.76. The van der Waals surface area contributed by atoms with Crippen LogP contribution in [0.2, 0.25) is 0 Å². The van der Waals surface area contributed by atoms with E-state index in [1.807, 2.05) is 17.8 Å². The molecule has 0 radical (unpaired) electrons. The van der Waals surface area contributed by atoms with Crippen LogP contribution in [0.15, 0.2) is 35.1 Å². The summed E-state index contributed by atoms with van der Waals surface area (Å²) in [6.07, 6.45) is -0.415. The molecule has 0 amide bonds. The molecule has 8 heteroatoms. The highest BCUT2D eigenvalue weighted by Gasteiger charge is 2.31. The van der Waals surface area contributed by atoms with E-state index in [0.717, 1.165) is 5.82 Å². The highest BCUT2D eigenvalue weighted by atomic mass is 79.9. The summed E-state index contributed by atoms with van der Waals surface area (Å²) in [5, 5.41) is 3.12. The van der Waals surface area contributed by atoms with E-state index in [-0.39, 0.29) is 10.2 Å². The maximum Gasteiger partial charge on any atom is 0.573 e. The fraction of sp³-hybridized carbons (Fsp3) is 0.308. The van der Waals surface area contributed by atoms with Gasteiger partial charge in [-0.05, 0) is 34.1 Å². The van der Waals surface area contributed by atoms with Gasteiger partial charge in [0.05, 0.1) is 4.47 Å². The first-order chi connectivity index (χ1) is 9.85. The highest BCUT2D eigenvalue weighted by Crippen LogP contribution is 2.32. The number of hydrogen-bond acceptors (Lipinski definition) is 3. The molecule has 0 aliphatic carbocycles. The summed E-state index contributed by atoms with van der Waals surface area (Å²) in [4.78, 5) is 4.19. The van der Waals surface area contributed by atoms with Gasteiger partial charge in [-0.3, -0.25) is 0 Å². The fourth-order valence-corrected chi connectivity index (χ4v) is 2.23. The first-order valence-corrected chi connectivity index (χ1v) is 6.90. The van der Waals surface area contributed by atoms with Crippen LogP contribution in [0, 0.1) is 0 Å². The van der Waals surface area contributed by atoms with Crippen molar-refractivity contribution in [2.45, 2.75) is 12.8 Å². The normalized spacial score (nSPS) is 11.5. The summed E-state index contributed by atoms with van der Waals surface area (Å²) >= 11 is 3.06. The average molecular weight is 364 g/mol. The minimum atomic E-state index is -4.70. The molecule has 2 rings (SSSR count). The van der Waals surface area contributed by atoms with Gasteiger partial charge < -0.3 is 14.6 Å². The topological polar surface area (TPSA) is 39.1 Å². The van der Waals surface area contributed by atoms with Crippen LogP contribution >= 0.6 is 15.9 Å². The Morgan fingerprint density at radius 3 is 2.71 bits per heavy atom. The molecule has 0 aliphatic rings. The number of nitrogens with zero attached hydrogens (tertiary/aromatic N) is 2. The van der Waals surface area contributed by atoms with Gasteiger partial charge in [-0.15, -0.1) is 13.2 Å². The number of nitrogens with one attached hydrogen (secondary N) is 1. The summed E-state index contributed by atoms with van der Waals surface area (Å²) < 4.78 is 42.5. The second-order valence-corrected chi connectivity index (χ2v) is 5.18. The van der Waals surface area contributed by atoms with Crippen molar-refractivity contribution in [2.24, 2.45) is 7.05 Å². The average Bonchev–Trinajstić information content (AvgIpc) is 2.77. The SMILES string of the molecule is Cn1ccnc1CCNc1ccc(OC(F)(F)F)c(Br)c1. The molecule has 0 spiro atoms. The van der Waals surface area contributed by atoms with Gasteiger partial charge >= 0.3 is 6.36 Å². The molecule has 0 saturated carbocycles. The first-order valence-electron chi connectivity index (χ1n) is 6.10. The Morgan fingerprint density at radius 2 is 2.14 bits per heavy atom. The van der Waals surface area contributed by atoms with Gasteiger partial charge in [0.25, 0.3) is 0 Å². The molecule has 0 fully saturated rings. The monoisotopic (exact) mass is 363 g/mol. The minimum Gasteiger partial charge on any atom is -0.405 e. The van der Waals surface area contributed by atoms with Crippen LogP contribution in [0.25, 0.3) is 0 Å². The van der Waals surface area contributed by atoms with Crippen molar-refractivity contribution in [3.8, 4) is 5.75 Å². The van der Waals surface area contributed by atoms with Gasteiger partial charge in [0.1, 0.15) is 11.6 Å². The lowest BCUT2D eigenvalue weighted by molar-refractivity contribution is -0.274. The van der Waals surface area contributed by atoms with Crippen molar-refractivity contribution < 1.29 is 17.9 Å². The number of anilines is 1. The number of alkyl halides is 3. The lowest BCUT2D eigenvalue weighted by atomic mass is 10.3. The number of benzene rings is 1. The van der Waals surface area contributed by atoms with E-state index < -0.39 is 6.36 Å². The van der Waals surface area contributed by atoms with Gasteiger partial charge in [0, 0.05) is 38.1 Å². The third-order valence-corrected chi connectivity index (χ3v) is 3.38. The Bertz CT molecular complexity index is 613. The largest absolute Gasteiger partial charge is 0.573 e. The first kappa shape index (κ1) is 15.7. The van der Waals surface area contributed by atoms with Crippen molar-refractivity contribution >= 4 is 21.6 Å². The quantitative estimate of drug-likeness (QED) is 0.879. The van der Waals surface area contributed by atoms with E-state index in [0.29, 0.717) is 18.7 Å². The summed E-state index contributed by atoms with van der Waals surface area (Å²) in [6, 6.07) is 4.34. The van der Waals surface area contributed by atoms with E-state index in [1.54, 1.807) is 12.3 Å². The van der Waals surface area contributed by atoms with E-state index in [1.165, 1.54) is 12.1 Å². The zero-order valence-corrected chi connectivity index (χ0v) is 12.7. The predicted octanol–water partition coefficient (Wildman–Crippen LogP) is 3.74. The summed E-state index contributed by atoms with van der Waals surface area (Å²) in [7, 11) is 1.90. The Kier molecular flexibility index (Phi) is 4.76. The zero-order valence-electron chi connectivity index (χ0n) is 11.1. The number of hydrogen-bond donors (Lipinski definition) is 1. The fourth-order valence-electron chi connectivity index (χ4n) is 1.77. The highest BCUT2D eigenvalue weighted by molar-refractivity contribution is 9.10. The van der Waals surface area contributed by atoms with E-state index in [4.69, 9.17) is 0 Å². The standard InChI is InChI=1S/C13H13BrF3N3O/c1-20-7-6-19-12(20)4-5-18-9-2-3-11(10(14)8-9)21-13(15,16)17/h2-3,6-8,18H,4-5H2,1H3. The maximum atomic E-state index is 12.2. The van der Waals surface area contributed by atoms with Crippen LogP contribution in [0.1, 0.15) is 5.82 Å². The molecule has 0 unspecified atom stereocenters. The van der Waals surface area contributed by atoms with Gasteiger partial charge in [0.2, 0.25) is 0 Å². The molecular weight excluding hydrogens is 351 g/mol. The number of aromatic nitrogens is 2. The van der Waals surface area contributed by atoms with Gasteiger partial charge in [-0.2, -0.15) is 0 Å². The number of aryl methyl sites for hydroxylation is 1. The van der Waals surface area contributed by atoms with Crippen molar-refractivity contribution in [3.63, 3.8) is 0 Å². The Balaban J connectivity index is 1.93. The van der Waals surface area contributed by atoms with Crippen LogP contribution in [-0.4, -0.2) is 22.5 Å². The summed E-state index contributed by atoms with van der Waals surface area (Å²) in [5.74, 6) is 0.663. The molecule has 0 aliphatic heterocycles. The van der Waals surface area contributed by atoms with E-state index in [9.17, 15) is 13.2 Å². The maximum absolute atomic E-state index is 12.2. The molecule has 21 heavy (non-hydrogen) atoms. The zero-order chi connectivity index (χ0) is 15.5. The molecule has 0 atom stereocenters. The number of ether oxygens (including phenoxy) is 1. The second kappa shape index (κ2) is 6.38. The number of imidazole rings is 1. The molecule has 0 bridgehead atoms. The number of rotatable bonds is 5. The second-order valence-electron chi connectivity index (χ2n) is 4.32. The molecule has 1 aromatic heterocycles. The van der Waals surface area contributed by atoms with Crippen LogP contribution in [0.3, 0.4) is 0 Å². The van der Waals surface area contributed by atoms with E-state index in [2.05, 4.69) is 31.0 Å². The Hall–Kier alpha value is -1.70. The van der Waals surface area contributed by atoms with Crippen LogP contribution in [-0.2, 0) is 13.5 Å². The van der Waals surface area contributed by atoms with Crippen molar-refractivity contribution in [1.82, 2.24) is 9.55 Å². The molecule has 0 saturated heterocycles. The Labute approximate surface area is 128 Å². The van der Waals surface area contributed by atoms with Gasteiger partial charge in [0.15, 0.2) is 0 Å². The molecule has 114 valence electrons. The van der Waals surface area contributed by atoms with Crippen LogP contribution in [0.4, 0.5) is 18.9 Å². The summed E-state index contributed by atoms with van der Waals surface area (Å²) in [6.45, 7) is 0.622. The Morgan fingerprint density at radius 1 is 1.38 bits per heavy atom. The molecule has 1 heterocycles. The smallest absolute Gasteiger partial charge is 0.405 e. The number of halogens is 4. The molecule has 1 N–H and O–H groups in total. The lowest BCUT2D eigenvalue weighted by Gasteiger charge is -2.12. The predicted molar refractivity (Wildman–Crippen MR) is 76.2 cm³/mol. The van der Waals surface area contributed by atoms with Gasteiger partial charge in [-0.1, -0.05) is 0 Å². The van der Waals surface area contributed by atoms with Gasteiger partial charge in [-0.25, -0.2) is 4.98 Å². The minimum absolute atomic E-state index is 0.238. The van der Waals surface area contributed by atoms with Crippen molar-refractivity contribution in [3.05, 3.63) is 40.9 Å².